The summed E-state index contributed by atoms with van der Waals surface area (Å²) in [5.74, 6) is -9.40. The topological polar surface area (TPSA) is 247 Å². The first-order chi connectivity index (χ1) is 11.8. The normalized spacial score (nSPS) is 8.60. The SMILES string of the molecule is O=C([O-])CN(CC(=O)[O-])CC(=O)[O-].O=C([O-])CN(CC(=O)[O-])CC(=O)[O-].[Fe+3].[Na+].[Na+].[Na+]. The van der Waals surface area contributed by atoms with Crippen LogP contribution in [0.2, 0.25) is 0 Å². The van der Waals surface area contributed by atoms with Crippen LogP contribution < -0.4 is 119 Å². The molecule has 153 valence electrons. The van der Waals surface area contributed by atoms with Crippen molar-refractivity contribution >= 4 is 35.8 Å². The first-order valence-electron chi connectivity index (χ1n) is 6.47. The van der Waals surface area contributed by atoms with Crippen molar-refractivity contribution in [2.75, 3.05) is 39.3 Å². The second-order valence-electron chi connectivity index (χ2n) is 4.52. The Balaban J connectivity index is -0.0000000847. The summed E-state index contributed by atoms with van der Waals surface area (Å²) in [7, 11) is 0. The van der Waals surface area contributed by atoms with Gasteiger partial charge in [-0.1, -0.05) is 0 Å². The molecule has 1 radical (unpaired) electrons. The zero-order chi connectivity index (χ0) is 20.9. The van der Waals surface area contributed by atoms with Gasteiger partial charge < -0.3 is 59.4 Å². The number of hydrogen-bond donors (Lipinski definition) is 0. The number of carboxylic acids is 6. The van der Waals surface area contributed by atoms with E-state index in [9.17, 15) is 59.4 Å². The number of nitrogens with zero attached hydrogens (tertiary/aromatic N) is 2. The van der Waals surface area contributed by atoms with Gasteiger partial charge in [0.2, 0.25) is 0 Å². The van der Waals surface area contributed by atoms with Crippen LogP contribution in [0.1, 0.15) is 0 Å². The molecule has 0 rings (SSSR count). The van der Waals surface area contributed by atoms with Crippen LogP contribution in [0.25, 0.3) is 0 Å². The number of aliphatic carboxylic acids is 6. The zero-order valence-corrected chi connectivity index (χ0v) is 23.5. The molecule has 0 saturated heterocycles. The molecule has 0 amide bonds. The molecule has 0 aliphatic heterocycles. The zero-order valence-electron chi connectivity index (χ0n) is 16.4. The summed E-state index contributed by atoms with van der Waals surface area (Å²) in [6, 6.07) is 0. The molecule has 0 aromatic rings. The van der Waals surface area contributed by atoms with Crippen LogP contribution in [0, 0.1) is 0 Å². The third kappa shape index (κ3) is 35.7. The number of carbonyl (C=O) groups excluding carboxylic acids is 6. The Bertz CT molecular complexity index is 442. The number of carboxylic acid groups (broad SMARTS) is 6. The smallest absolute Gasteiger partial charge is 0.549 e. The van der Waals surface area contributed by atoms with E-state index >= 15 is 0 Å². The third-order valence-electron chi connectivity index (χ3n) is 2.12. The number of hydrogen-bond acceptors (Lipinski definition) is 14. The summed E-state index contributed by atoms with van der Waals surface area (Å²) in [6.07, 6.45) is 0. The molecule has 0 aliphatic rings. The maximum absolute atomic E-state index is 9.99. The maximum Gasteiger partial charge on any atom is 3.00 e. The molecule has 0 N–H and O–H groups in total. The van der Waals surface area contributed by atoms with Crippen molar-refractivity contribution in [2.45, 2.75) is 0 Å². The maximum atomic E-state index is 9.99. The van der Waals surface area contributed by atoms with E-state index < -0.39 is 75.1 Å². The van der Waals surface area contributed by atoms with Gasteiger partial charge in [-0.3, -0.25) is 9.80 Å². The van der Waals surface area contributed by atoms with Crippen LogP contribution in [-0.2, 0) is 45.8 Å². The third-order valence-corrected chi connectivity index (χ3v) is 2.12. The van der Waals surface area contributed by atoms with E-state index in [0.29, 0.717) is 9.80 Å². The molecular formula is C12H12FeN2Na3O12. The largest absolute Gasteiger partial charge is 3.00 e. The molecule has 0 aliphatic carbocycles. The second kappa shape index (κ2) is 25.5. The average Bonchev–Trinajstić information content (AvgIpc) is 2.33. The van der Waals surface area contributed by atoms with Crippen LogP contribution in [0.3, 0.4) is 0 Å². The minimum atomic E-state index is -1.57. The molecule has 0 unspecified atom stereocenters. The van der Waals surface area contributed by atoms with Crippen molar-refractivity contribution in [2.24, 2.45) is 0 Å². The van der Waals surface area contributed by atoms with Crippen molar-refractivity contribution in [1.29, 1.82) is 0 Å². The number of carbonyl (C=O) groups is 6. The van der Waals surface area contributed by atoms with Crippen LogP contribution >= 0.6 is 0 Å². The van der Waals surface area contributed by atoms with Gasteiger partial charge >= 0.3 is 106 Å². The molecule has 0 bridgehead atoms. The fraction of sp³-hybridized carbons (Fsp3) is 0.500. The van der Waals surface area contributed by atoms with E-state index in [0.717, 1.165) is 0 Å². The summed E-state index contributed by atoms with van der Waals surface area (Å²) in [5, 5.41) is 60.0. The second-order valence-corrected chi connectivity index (χ2v) is 4.52. The molecule has 18 heteroatoms. The molecule has 0 saturated carbocycles. The Labute approximate surface area is 247 Å². The van der Waals surface area contributed by atoms with Crippen LogP contribution in [-0.4, -0.2) is 84.9 Å². The van der Waals surface area contributed by atoms with E-state index in [4.69, 9.17) is 0 Å². The van der Waals surface area contributed by atoms with Gasteiger partial charge in [0.25, 0.3) is 0 Å². The predicted molar refractivity (Wildman–Crippen MR) is 62.9 cm³/mol. The van der Waals surface area contributed by atoms with Crippen LogP contribution in [0.4, 0.5) is 0 Å². The molecule has 0 fully saturated rings. The van der Waals surface area contributed by atoms with Gasteiger partial charge in [-0.25, -0.2) is 0 Å². The van der Waals surface area contributed by atoms with E-state index in [-0.39, 0.29) is 106 Å². The molecule has 0 aromatic carbocycles. The van der Waals surface area contributed by atoms with Crippen molar-refractivity contribution in [3.05, 3.63) is 0 Å². The Morgan fingerprint density at radius 3 is 0.567 bits per heavy atom. The minimum absolute atomic E-state index is 0. The van der Waals surface area contributed by atoms with E-state index in [1.165, 1.54) is 0 Å². The molecular weight excluding hydrogens is 489 g/mol. The summed E-state index contributed by atoms with van der Waals surface area (Å²) in [5.41, 5.74) is 0. The Morgan fingerprint density at radius 2 is 0.500 bits per heavy atom. The fourth-order valence-corrected chi connectivity index (χ4v) is 1.43. The molecule has 0 heterocycles. The molecule has 14 nitrogen and oxygen atoms in total. The van der Waals surface area contributed by atoms with Gasteiger partial charge in [0.05, 0.1) is 35.8 Å². The van der Waals surface area contributed by atoms with E-state index in [2.05, 4.69) is 0 Å². The fourth-order valence-electron chi connectivity index (χ4n) is 1.43. The van der Waals surface area contributed by atoms with Crippen LogP contribution in [0.15, 0.2) is 0 Å². The Morgan fingerprint density at radius 1 is 0.400 bits per heavy atom. The molecule has 30 heavy (non-hydrogen) atoms. The van der Waals surface area contributed by atoms with E-state index in [1.807, 2.05) is 0 Å². The van der Waals surface area contributed by atoms with Gasteiger partial charge in [-0.15, -0.1) is 0 Å². The van der Waals surface area contributed by atoms with Gasteiger partial charge in [0.15, 0.2) is 0 Å². The van der Waals surface area contributed by atoms with Gasteiger partial charge in [0, 0.05) is 39.3 Å². The average molecular weight is 501 g/mol. The van der Waals surface area contributed by atoms with E-state index in [1.54, 1.807) is 0 Å². The van der Waals surface area contributed by atoms with Crippen molar-refractivity contribution in [1.82, 2.24) is 9.80 Å². The quantitative estimate of drug-likeness (QED) is 0.225. The summed E-state index contributed by atoms with van der Waals surface area (Å²) in [6.45, 7) is -4.74. The Hall–Kier alpha value is 0.259. The van der Waals surface area contributed by atoms with Crippen LogP contribution in [0.5, 0.6) is 0 Å². The minimum Gasteiger partial charge on any atom is -0.549 e. The monoisotopic (exact) mass is 501 g/mol. The molecule has 0 spiro atoms. The molecule has 0 atom stereocenters. The van der Waals surface area contributed by atoms with Gasteiger partial charge in [0.1, 0.15) is 0 Å². The number of rotatable bonds is 12. The first-order valence-corrected chi connectivity index (χ1v) is 6.47. The molecule has 0 aromatic heterocycles. The predicted octanol–water partition coefficient (Wildman–Crippen LogP) is -19.9. The first kappa shape index (κ1) is 44.0. The van der Waals surface area contributed by atoms with Crippen molar-refractivity contribution < 1.29 is 165 Å². The van der Waals surface area contributed by atoms with Gasteiger partial charge in [-0.2, -0.15) is 0 Å². The van der Waals surface area contributed by atoms with Crippen molar-refractivity contribution in [3.8, 4) is 0 Å². The summed E-state index contributed by atoms with van der Waals surface area (Å²) >= 11 is 0. The van der Waals surface area contributed by atoms with Gasteiger partial charge in [-0.05, 0) is 0 Å². The summed E-state index contributed by atoms with van der Waals surface area (Å²) < 4.78 is 0. The summed E-state index contributed by atoms with van der Waals surface area (Å²) in [4.78, 5) is 61.2. The Kier molecular flexibility index (Phi) is 37.4. The van der Waals surface area contributed by atoms with Crippen molar-refractivity contribution in [3.63, 3.8) is 0 Å². The standard InChI is InChI=1S/2C6H9NO6.Fe.3Na/c2*8-4(9)1-7(2-5(10)11)3-6(12)13;;;;/h2*1-3H2,(H,8,9)(H,10,11)(H,12,13);;;;/q;;+3;3*+1/p-6.